The molecule has 0 spiro atoms. The Bertz CT molecular complexity index is 450. The molecule has 1 aromatic heterocycles. The topological polar surface area (TPSA) is 26.7 Å². The van der Waals surface area contributed by atoms with Crippen molar-refractivity contribution in [3.8, 4) is 11.8 Å². The summed E-state index contributed by atoms with van der Waals surface area (Å²) in [6.07, 6.45) is 2.52. The Morgan fingerprint density at radius 2 is 2.11 bits per heavy atom. The van der Waals surface area contributed by atoms with E-state index in [4.69, 9.17) is 5.11 Å². The smallest absolute Gasteiger partial charge is 0.104 e. The summed E-state index contributed by atoms with van der Waals surface area (Å²) in [6.45, 7) is 3.33. The van der Waals surface area contributed by atoms with Crippen LogP contribution in [0.1, 0.15) is 22.6 Å². The van der Waals surface area contributed by atoms with Gasteiger partial charge >= 0.3 is 0 Å². The van der Waals surface area contributed by atoms with Crippen molar-refractivity contribution >= 4 is 11.3 Å². The summed E-state index contributed by atoms with van der Waals surface area (Å²) >= 11 is 1.74. The monoisotopic (exact) mass is 278 g/mol. The molecule has 0 unspecified atom stereocenters. The van der Waals surface area contributed by atoms with E-state index < -0.39 is 0 Å². The van der Waals surface area contributed by atoms with Gasteiger partial charge < -0.3 is 10.0 Å². The molecule has 0 bridgehead atoms. The van der Waals surface area contributed by atoms with Gasteiger partial charge in [0.1, 0.15) is 6.61 Å². The first kappa shape index (κ1) is 14.5. The second kappa shape index (κ2) is 7.06. The number of rotatable bonds is 3. The third-order valence-corrected chi connectivity index (χ3v) is 4.60. The fraction of sp³-hybridized carbons (Fsp3) is 0.600. The highest BCUT2D eigenvalue weighted by Crippen LogP contribution is 2.21. The Morgan fingerprint density at radius 3 is 2.74 bits per heavy atom. The van der Waals surface area contributed by atoms with Crippen LogP contribution in [0.15, 0.2) is 12.1 Å². The Balaban J connectivity index is 1.84. The summed E-state index contributed by atoms with van der Waals surface area (Å²) in [4.78, 5) is 7.28. The van der Waals surface area contributed by atoms with E-state index in [1.165, 1.54) is 30.8 Å². The zero-order valence-electron chi connectivity index (χ0n) is 11.7. The number of piperidine rings is 1. The molecule has 1 aliphatic rings. The van der Waals surface area contributed by atoms with Gasteiger partial charge in [0.2, 0.25) is 0 Å². The molecule has 1 saturated heterocycles. The largest absolute Gasteiger partial charge is 0.384 e. The van der Waals surface area contributed by atoms with Gasteiger partial charge in [-0.2, -0.15) is 0 Å². The average Bonchev–Trinajstić information content (AvgIpc) is 2.84. The molecule has 19 heavy (non-hydrogen) atoms. The summed E-state index contributed by atoms with van der Waals surface area (Å²) in [5.74, 6) is 5.66. The Hall–Kier alpha value is -0.860. The van der Waals surface area contributed by atoms with Crippen LogP contribution in [-0.4, -0.2) is 54.7 Å². The van der Waals surface area contributed by atoms with Crippen molar-refractivity contribution in [2.75, 3.05) is 33.8 Å². The summed E-state index contributed by atoms with van der Waals surface area (Å²) in [7, 11) is 4.34. The fourth-order valence-electron chi connectivity index (χ4n) is 2.47. The Morgan fingerprint density at radius 1 is 1.37 bits per heavy atom. The summed E-state index contributed by atoms with van der Waals surface area (Å²) in [5, 5.41) is 8.68. The van der Waals surface area contributed by atoms with Crippen molar-refractivity contribution in [2.45, 2.75) is 25.4 Å². The standard InChI is InChI=1S/C15H22N2OS/c1-16(2)13-7-9-17(10-8-13)12-15-6-5-14(19-15)4-3-11-18/h5-6,13,18H,7-12H2,1-2H3. The second-order valence-corrected chi connectivity index (χ2v) is 6.37. The molecule has 1 fully saturated rings. The average molecular weight is 278 g/mol. The van der Waals surface area contributed by atoms with Crippen molar-refractivity contribution in [1.82, 2.24) is 9.80 Å². The predicted molar refractivity (Wildman–Crippen MR) is 80.3 cm³/mol. The van der Waals surface area contributed by atoms with Gasteiger partial charge in [-0.05, 0) is 39.1 Å². The maximum absolute atomic E-state index is 8.68. The van der Waals surface area contributed by atoms with Gasteiger partial charge in [-0.25, -0.2) is 0 Å². The van der Waals surface area contributed by atoms with Gasteiger partial charge in [0.05, 0.1) is 4.88 Å². The molecule has 0 aromatic carbocycles. The minimum atomic E-state index is -0.0642. The zero-order valence-corrected chi connectivity index (χ0v) is 12.5. The summed E-state index contributed by atoms with van der Waals surface area (Å²) in [5.41, 5.74) is 0. The number of likely N-dealkylation sites (tertiary alicyclic amines) is 1. The highest BCUT2D eigenvalue weighted by molar-refractivity contribution is 7.12. The number of aliphatic hydroxyl groups excluding tert-OH is 1. The number of hydrogen-bond acceptors (Lipinski definition) is 4. The molecule has 104 valence electrons. The number of aliphatic hydroxyl groups is 1. The minimum Gasteiger partial charge on any atom is -0.384 e. The van der Waals surface area contributed by atoms with E-state index in [1.54, 1.807) is 11.3 Å². The number of hydrogen-bond donors (Lipinski definition) is 1. The van der Waals surface area contributed by atoms with Crippen molar-refractivity contribution in [3.63, 3.8) is 0 Å². The lowest BCUT2D eigenvalue weighted by Crippen LogP contribution is -2.41. The minimum absolute atomic E-state index is 0.0642. The van der Waals surface area contributed by atoms with Crippen molar-refractivity contribution < 1.29 is 5.11 Å². The molecule has 1 aromatic rings. The first-order valence-electron chi connectivity index (χ1n) is 6.76. The van der Waals surface area contributed by atoms with Crippen LogP contribution in [0.3, 0.4) is 0 Å². The van der Waals surface area contributed by atoms with E-state index in [0.29, 0.717) is 0 Å². The SMILES string of the molecule is CN(C)C1CCN(Cc2ccc(C#CCO)s2)CC1. The molecular weight excluding hydrogens is 256 g/mol. The summed E-state index contributed by atoms with van der Waals surface area (Å²) in [6, 6.07) is 4.95. The van der Waals surface area contributed by atoms with E-state index in [-0.39, 0.29) is 6.61 Å². The molecule has 1 N–H and O–H groups in total. The van der Waals surface area contributed by atoms with E-state index in [2.05, 4.69) is 47.9 Å². The van der Waals surface area contributed by atoms with E-state index in [1.807, 2.05) is 0 Å². The molecule has 3 nitrogen and oxygen atoms in total. The van der Waals surface area contributed by atoms with E-state index in [9.17, 15) is 0 Å². The molecule has 0 aliphatic carbocycles. The maximum atomic E-state index is 8.68. The van der Waals surface area contributed by atoms with Gasteiger partial charge in [0.15, 0.2) is 0 Å². The van der Waals surface area contributed by atoms with Crippen molar-refractivity contribution in [3.05, 3.63) is 21.9 Å². The quantitative estimate of drug-likeness (QED) is 0.851. The highest BCUT2D eigenvalue weighted by Gasteiger charge is 2.20. The van der Waals surface area contributed by atoms with Gasteiger partial charge in [-0.15, -0.1) is 11.3 Å². The Labute approximate surface area is 119 Å². The van der Waals surface area contributed by atoms with Crippen LogP contribution < -0.4 is 0 Å². The lowest BCUT2D eigenvalue weighted by atomic mass is 10.0. The highest BCUT2D eigenvalue weighted by atomic mass is 32.1. The normalized spacial score (nSPS) is 17.5. The molecule has 4 heteroatoms. The van der Waals surface area contributed by atoms with Crippen LogP contribution in [0.5, 0.6) is 0 Å². The molecule has 2 heterocycles. The van der Waals surface area contributed by atoms with Gasteiger partial charge in [0.25, 0.3) is 0 Å². The number of nitrogens with zero attached hydrogens (tertiary/aromatic N) is 2. The van der Waals surface area contributed by atoms with Crippen molar-refractivity contribution in [1.29, 1.82) is 0 Å². The lowest BCUT2D eigenvalue weighted by Gasteiger charge is -2.34. The summed E-state index contributed by atoms with van der Waals surface area (Å²) < 4.78 is 0. The third kappa shape index (κ3) is 4.32. The van der Waals surface area contributed by atoms with Crippen LogP contribution in [0.25, 0.3) is 0 Å². The second-order valence-electron chi connectivity index (χ2n) is 5.20. The van der Waals surface area contributed by atoms with E-state index in [0.717, 1.165) is 17.5 Å². The van der Waals surface area contributed by atoms with Gasteiger partial charge in [-0.1, -0.05) is 11.8 Å². The maximum Gasteiger partial charge on any atom is 0.104 e. The molecule has 1 aliphatic heterocycles. The van der Waals surface area contributed by atoms with Crippen molar-refractivity contribution in [2.24, 2.45) is 0 Å². The zero-order chi connectivity index (χ0) is 13.7. The Kier molecular flexibility index (Phi) is 5.41. The molecule has 0 radical (unpaired) electrons. The van der Waals surface area contributed by atoms with Crippen LogP contribution in [-0.2, 0) is 6.54 Å². The molecular formula is C15H22N2OS. The first-order valence-corrected chi connectivity index (χ1v) is 7.58. The van der Waals surface area contributed by atoms with Crippen LogP contribution in [0.4, 0.5) is 0 Å². The molecule has 0 amide bonds. The molecule has 2 rings (SSSR count). The van der Waals surface area contributed by atoms with Crippen LogP contribution in [0, 0.1) is 11.8 Å². The lowest BCUT2D eigenvalue weighted by molar-refractivity contribution is 0.141. The first-order chi connectivity index (χ1) is 9.19. The van der Waals surface area contributed by atoms with Crippen LogP contribution in [0.2, 0.25) is 0 Å². The van der Waals surface area contributed by atoms with Gasteiger partial charge in [-0.3, -0.25) is 4.90 Å². The van der Waals surface area contributed by atoms with Crippen LogP contribution >= 0.6 is 11.3 Å². The predicted octanol–water partition coefficient (Wildman–Crippen LogP) is 1.62. The van der Waals surface area contributed by atoms with Gasteiger partial charge in [0, 0.05) is 30.6 Å². The third-order valence-electron chi connectivity index (χ3n) is 3.62. The molecule has 0 saturated carbocycles. The number of thiophene rings is 1. The fourth-order valence-corrected chi connectivity index (χ4v) is 3.40. The molecule has 0 atom stereocenters. The van der Waals surface area contributed by atoms with E-state index >= 15 is 0 Å².